The number of anilines is 1. The van der Waals surface area contributed by atoms with Gasteiger partial charge in [0.25, 0.3) is 5.91 Å². The Kier molecular flexibility index (Phi) is 6.86. The molecule has 0 unspecified atom stereocenters. The number of hydrogen-bond donors (Lipinski definition) is 1. The van der Waals surface area contributed by atoms with Crippen LogP contribution in [0.15, 0.2) is 84.9 Å². The summed E-state index contributed by atoms with van der Waals surface area (Å²) in [6.45, 7) is 0. The van der Waals surface area contributed by atoms with E-state index in [0.717, 1.165) is 21.6 Å². The highest BCUT2D eigenvalue weighted by molar-refractivity contribution is 7.17. The van der Waals surface area contributed by atoms with Gasteiger partial charge in [-0.15, -0.1) is 11.3 Å². The third kappa shape index (κ3) is 4.96. The van der Waals surface area contributed by atoms with E-state index in [2.05, 4.69) is 5.32 Å². The minimum absolute atomic E-state index is 0.0186. The van der Waals surface area contributed by atoms with Crippen LogP contribution in [0, 0.1) is 0 Å². The number of methoxy groups -OCH3 is 2. The van der Waals surface area contributed by atoms with E-state index in [-0.39, 0.29) is 18.3 Å². The first-order chi connectivity index (χ1) is 16.1. The molecule has 0 fully saturated rings. The van der Waals surface area contributed by atoms with Gasteiger partial charge in [-0.3, -0.25) is 9.59 Å². The number of thiophene rings is 1. The van der Waals surface area contributed by atoms with Crippen LogP contribution >= 0.6 is 11.3 Å². The Morgan fingerprint density at radius 1 is 0.818 bits per heavy atom. The largest absolute Gasteiger partial charge is 0.494 e. The van der Waals surface area contributed by atoms with Gasteiger partial charge in [-0.2, -0.15) is 0 Å². The number of amides is 1. The van der Waals surface area contributed by atoms with Crippen molar-refractivity contribution in [1.29, 1.82) is 0 Å². The summed E-state index contributed by atoms with van der Waals surface area (Å²) in [7, 11) is 2.88. The van der Waals surface area contributed by atoms with Gasteiger partial charge in [-0.25, -0.2) is 0 Å². The predicted octanol–water partition coefficient (Wildman–Crippen LogP) is 6.06. The lowest BCUT2D eigenvalue weighted by Crippen LogP contribution is -2.13. The average molecular weight is 458 g/mol. The molecule has 0 spiro atoms. The van der Waals surface area contributed by atoms with E-state index in [1.165, 1.54) is 25.6 Å². The fourth-order valence-electron chi connectivity index (χ4n) is 3.64. The van der Waals surface area contributed by atoms with E-state index in [0.29, 0.717) is 21.9 Å². The molecule has 4 aromatic rings. The van der Waals surface area contributed by atoms with E-state index >= 15 is 0 Å². The molecule has 0 aliphatic heterocycles. The van der Waals surface area contributed by atoms with Crippen LogP contribution in [-0.2, 0) is 16.0 Å². The van der Waals surface area contributed by atoms with Gasteiger partial charge in [0.05, 0.1) is 31.2 Å². The summed E-state index contributed by atoms with van der Waals surface area (Å²) < 4.78 is 10.6. The van der Waals surface area contributed by atoms with Crippen LogP contribution in [0.4, 0.5) is 5.69 Å². The summed E-state index contributed by atoms with van der Waals surface area (Å²) in [5, 5.41) is 2.95. The second-order valence-electron chi connectivity index (χ2n) is 7.28. The Balaban J connectivity index is 1.68. The van der Waals surface area contributed by atoms with Crippen LogP contribution in [0.2, 0.25) is 0 Å². The zero-order valence-corrected chi connectivity index (χ0v) is 19.1. The molecule has 166 valence electrons. The second-order valence-corrected chi connectivity index (χ2v) is 8.36. The van der Waals surface area contributed by atoms with Crippen LogP contribution in [0.3, 0.4) is 0 Å². The molecule has 0 bridgehead atoms. The molecule has 5 nitrogen and oxygen atoms in total. The molecule has 0 atom stereocenters. The predicted molar refractivity (Wildman–Crippen MR) is 132 cm³/mol. The molecule has 0 aliphatic rings. The summed E-state index contributed by atoms with van der Waals surface area (Å²) in [6.07, 6.45) is 0.0186. The van der Waals surface area contributed by atoms with Crippen LogP contribution in [0.1, 0.15) is 15.2 Å². The lowest BCUT2D eigenvalue weighted by atomic mass is 9.95. The number of carbonyl (C=O) groups is 2. The molecule has 4 rings (SSSR count). The third-order valence-corrected chi connectivity index (χ3v) is 6.37. The fraction of sp³-hybridized carbons (Fsp3) is 0.111. The Labute approximate surface area is 196 Å². The molecule has 0 saturated carbocycles. The number of hydrogen-bond acceptors (Lipinski definition) is 5. The molecule has 0 radical (unpaired) electrons. The first-order valence-electron chi connectivity index (χ1n) is 10.4. The van der Waals surface area contributed by atoms with Crippen molar-refractivity contribution >= 4 is 28.9 Å². The second kappa shape index (κ2) is 10.1. The van der Waals surface area contributed by atoms with Crippen molar-refractivity contribution in [2.75, 3.05) is 19.5 Å². The number of ether oxygens (including phenoxy) is 2. The minimum Gasteiger partial charge on any atom is -0.494 e. The molecular weight excluding hydrogens is 434 g/mol. The Morgan fingerprint density at radius 3 is 2.12 bits per heavy atom. The fourth-order valence-corrected chi connectivity index (χ4v) is 4.55. The topological polar surface area (TPSA) is 64.6 Å². The monoisotopic (exact) mass is 457 g/mol. The van der Waals surface area contributed by atoms with E-state index in [1.807, 2.05) is 78.9 Å². The van der Waals surface area contributed by atoms with E-state index < -0.39 is 0 Å². The Hall–Kier alpha value is -3.90. The maximum absolute atomic E-state index is 13.0. The third-order valence-electron chi connectivity index (χ3n) is 5.23. The van der Waals surface area contributed by atoms with Crippen molar-refractivity contribution in [2.45, 2.75) is 6.42 Å². The Morgan fingerprint density at radius 2 is 1.48 bits per heavy atom. The summed E-state index contributed by atoms with van der Waals surface area (Å²) in [5.74, 6) is -0.188. The molecule has 3 aromatic carbocycles. The van der Waals surface area contributed by atoms with Gasteiger partial charge < -0.3 is 14.8 Å². The first-order valence-corrected chi connectivity index (χ1v) is 11.2. The van der Waals surface area contributed by atoms with Gasteiger partial charge in [0.2, 0.25) is 0 Å². The average Bonchev–Trinajstić information content (AvgIpc) is 3.36. The van der Waals surface area contributed by atoms with E-state index in [1.54, 1.807) is 6.07 Å². The van der Waals surface area contributed by atoms with Crippen molar-refractivity contribution in [1.82, 2.24) is 0 Å². The maximum Gasteiger partial charge on any atom is 0.310 e. The number of carbonyl (C=O) groups excluding carboxylic acids is 2. The van der Waals surface area contributed by atoms with Gasteiger partial charge in [-0.05, 0) is 34.9 Å². The number of benzene rings is 3. The smallest absolute Gasteiger partial charge is 0.310 e. The molecule has 0 saturated heterocycles. The molecule has 1 aromatic heterocycles. The van der Waals surface area contributed by atoms with Crippen molar-refractivity contribution < 1.29 is 19.1 Å². The Bertz CT molecular complexity index is 1270. The SMILES string of the molecule is COC(=O)Cc1c(-c2ccccc2)ccc(NC(=O)c2ccc(-c3ccccc3)s2)c1OC. The van der Waals surface area contributed by atoms with Gasteiger partial charge in [0, 0.05) is 10.4 Å². The highest BCUT2D eigenvalue weighted by Gasteiger charge is 2.21. The van der Waals surface area contributed by atoms with Gasteiger partial charge in [-0.1, -0.05) is 66.7 Å². The lowest BCUT2D eigenvalue weighted by molar-refractivity contribution is -0.139. The zero-order valence-electron chi connectivity index (χ0n) is 18.3. The quantitative estimate of drug-likeness (QED) is 0.343. The van der Waals surface area contributed by atoms with Crippen LogP contribution in [-0.4, -0.2) is 26.1 Å². The highest BCUT2D eigenvalue weighted by atomic mass is 32.1. The first kappa shape index (κ1) is 22.3. The van der Waals surface area contributed by atoms with Crippen molar-refractivity contribution in [3.05, 3.63) is 95.4 Å². The zero-order chi connectivity index (χ0) is 23.2. The summed E-state index contributed by atoms with van der Waals surface area (Å²) in [4.78, 5) is 26.8. The summed E-state index contributed by atoms with van der Waals surface area (Å²) >= 11 is 1.42. The molecule has 1 N–H and O–H groups in total. The lowest BCUT2D eigenvalue weighted by Gasteiger charge is -2.18. The van der Waals surface area contributed by atoms with Crippen LogP contribution in [0.25, 0.3) is 21.6 Å². The molecule has 1 heterocycles. The number of esters is 1. The van der Waals surface area contributed by atoms with Crippen molar-refractivity contribution in [3.8, 4) is 27.3 Å². The summed E-state index contributed by atoms with van der Waals surface area (Å²) in [5.41, 5.74) is 4.00. The molecule has 6 heteroatoms. The maximum atomic E-state index is 13.0. The molecule has 33 heavy (non-hydrogen) atoms. The number of rotatable bonds is 7. The highest BCUT2D eigenvalue weighted by Crippen LogP contribution is 2.38. The van der Waals surface area contributed by atoms with Crippen LogP contribution in [0.5, 0.6) is 5.75 Å². The molecule has 0 aliphatic carbocycles. The molecular formula is C27H23NO4S. The van der Waals surface area contributed by atoms with Crippen LogP contribution < -0.4 is 10.1 Å². The van der Waals surface area contributed by atoms with Gasteiger partial charge >= 0.3 is 5.97 Å². The minimum atomic E-state index is -0.389. The van der Waals surface area contributed by atoms with E-state index in [9.17, 15) is 9.59 Å². The normalized spacial score (nSPS) is 10.5. The molecule has 1 amide bonds. The van der Waals surface area contributed by atoms with E-state index in [4.69, 9.17) is 9.47 Å². The van der Waals surface area contributed by atoms with Gasteiger partial charge in [0.1, 0.15) is 5.75 Å². The van der Waals surface area contributed by atoms with Crippen molar-refractivity contribution in [3.63, 3.8) is 0 Å². The standard InChI is InChI=1S/C27H23NO4S/c1-31-25(29)17-21-20(18-9-5-3-6-10-18)13-14-22(26(21)32-2)28-27(30)24-16-15-23(33-24)19-11-7-4-8-12-19/h3-16H,17H2,1-2H3,(H,28,30). The summed E-state index contributed by atoms with van der Waals surface area (Å²) in [6, 6.07) is 27.1. The number of nitrogens with one attached hydrogen (secondary N) is 1. The van der Waals surface area contributed by atoms with Gasteiger partial charge in [0.15, 0.2) is 0 Å². The van der Waals surface area contributed by atoms with Crippen molar-refractivity contribution in [2.24, 2.45) is 0 Å².